The van der Waals surface area contributed by atoms with Crippen LogP contribution in [0.25, 0.3) is 11.0 Å². The molecule has 0 saturated carbocycles. The number of nitrogens with zero attached hydrogens (tertiary/aromatic N) is 1. The molecule has 0 radical (unpaired) electrons. The topological polar surface area (TPSA) is 103 Å². The zero-order valence-electron chi connectivity index (χ0n) is 12.5. The van der Waals surface area contributed by atoms with Crippen LogP contribution >= 0.6 is 0 Å². The van der Waals surface area contributed by atoms with Gasteiger partial charge in [0.1, 0.15) is 11.8 Å². The van der Waals surface area contributed by atoms with Gasteiger partial charge in [0.25, 0.3) is 0 Å². The lowest BCUT2D eigenvalue weighted by atomic mass is 10.2. The van der Waals surface area contributed by atoms with Crippen molar-refractivity contribution in [3.63, 3.8) is 0 Å². The Bertz CT molecular complexity index is 1070. The SMILES string of the molecule is NS(=O)(=O)c1ccc(CN=Cc2coc3ccccc3c2=O)cc1. The highest BCUT2D eigenvalue weighted by Gasteiger charge is 2.06. The second-order valence-electron chi connectivity index (χ2n) is 5.18. The Hall–Kier alpha value is -2.77. The van der Waals surface area contributed by atoms with Crippen molar-refractivity contribution in [2.45, 2.75) is 11.4 Å². The quantitative estimate of drug-likeness (QED) is 0.733. The summed E-state index contributed by atoms with van der Waals surface area (Å²) in [6.07, 6.45) is 2.82. The van der Waals surface area contributed by atoms with Gasteiger partial charge in [-0.25, -0.2) is 13.6 Å². The molecule has 6 nitrogen and oxygen atoms in total. The molecule has 0 aliphatic heterocycles. The monoisotopic (exact) mass is 342 g/mol. The van der Waals surface area contributed by atoms with Crippen LogP contribution in [0.15, 0.2) is 73.9 Å². The van der Waals surface area contributed by atoms with E-state index in [1.807, 2.05) is 0 Å². The average molecular weight is 342 g/mol. The minimum Gasteiger partial charge on any atom is -0.463 e. The smallest absolute Gasteiger partial charge is 0.238 e. The summed E-state index contributed by atoms with van der Waals surface area (Å²) in [4.78, 5) is 16.5. The van der Waals surface area contributed by atoms with Crippen molar-refractivity contribution in [1.82, 2.24) is 0 Å². The molecule has 0 atom stereocenters. The number of benzene rings is 2. The van der Waals surface area contributed by atoms with Gasteiger partial charge in [0.15, 0.2) is 0 Å². The van der Waals surface area contributed by atoms with Gasteiger partial charge in [-0.15, -0.1) is 0 Å². The number of hydrogen-bond acceptors (Lipinski definition) is 5. The van der Waals surface area contributed by atoms with Crippen LogP contribution in [0, 0.1) is 0 Å². The Morgan fingerprint density at radius 1 is 1.08 bits per heavy atom. The summed E-state index contributed by atoms with van der Waals surface area (Å²) in [7, 11) is -3.70. The molecular formula is C17H14N2O4S. The van der Waals surface area contributed by atoms with Crippen LogP contribution in [0.3, 0.4) is 0 Å². The molecule has 1 heterocycles. The van der Waals surface area contributed by atoms with E-state index < -0.39 is 10.0 Å². The number of primary sulfonamides is 1. The van der Waals surface area contributed by atoms with Crippen molar-refractivity contribution < 1.29 is 12.8 Å². The van der Waals surface area contributed by atoms with Gasteiger partial charge >= 0.3 is 0 Å². The third-order valence-electron chi connectivity index (χ3n) is 3.46. The van der Waals surface area contributed by atoms with E-state index in [1.165, 1.54) is 24.6 Å². The van der Waals surface area contributed by atoms with E-state index in [2.05, 4.69) is 4.99 Å². The highest BCUT2D eigenvalue weighted by Crippen LogP contribution is 2.11. The fourth-order valence-electron chi connectivity index (χ4n) is 2.22. The first-order valence-corrected chi connectivity index (χ1v) is 8.62. The zero-order valence-corrected chi connectivity index (χ0v) is 13.4. The third kappa shape index (κ3) is 3.42. The van der Waals surface area contributed by atoms with Crippen molar-refractivity contribution in [2.24, 2.45) is 10.1 Å². The van der Waals surface area contributed by atoms with E-state index in [0.29, 0.717) is 23.1 Å². The van der Waals surface area contributed by atoms with E-state index in [-0.39, 0.29) is 10.3 Å². The molecule has 0 unspecified atom stereocenters. The molecule has 3 aromatic rings. The minimum atomic E-state index is -3.70. The van der Waals surface area contributed by atoms with Gasteiger partial charge < -0.3 is 4.42 Å². The van der Waals surface area contributed by atoms with Crippen LogP contribution in [0.1, 0.15) is 11.1 Å². The highest BCUT2D eigenvalue weighted by atomic mass is 32.2. The van der Waals surface area contributed by atoms with Crippen LogP contribution in [0.4, 0.5) is 0 Å². The summed E-state index contributed by atoms with van der Waals surface area (Å²) >= 11 is 0. The van der Waals surface area contributed by atoms with Gasteiger partial charge in [-0.05, 0) is 29.8 Å². The van der Waals surface area contributed by atoms with Gasteiger partial charge in [-0.3, -0.25) is 9.79 Å². The summed E-state index contributed by atoms with van der Waals surface area (Å²) in [6.45, 7) is 0.303. The standard InChI is InChI=1S/C17H14N2O4S/c18-24(21,22)14-7-5-12(6-8-14)9-19-10-13-11-23-16-4-2-1-3-15(16)17(13)20/h1-8,10-11H,9H2,(H2,18,21,22). The van der Waals surface area contributed by atoms with Gasteiger partial charge in [0.05, 0.1) is 22.4 Å². The number of para-hydroxylation sites is 1. The molecule has 0 spiro atoms. The number of rotatable bonds is 4. The molecule has 0 saturated heterocycles. The number of sulfonamides is 1. The van der Waals surface area contributed by atoms with Crippen LogP contribution in [-0.2, 0) is 16.6 Å². The van der Waals surface area contributed by atoms with E-state index in [9.17, 15) is 13.2 Å². The number of hydrogen-bond donors (Lipinski definition) is 1. The normalized spacial score (nSPS) is 12.0. The molecule has 0 amide bonds. The maximum Gasteiger partial charge on any atom is 0.238 e. The molecule has 2 aromatic carbocycles. The van der Waals surface area contributed by atoms with Crippen molar-refractivity contribution in [3.05, 3.63) is 76.1 Å². The first kappa shape index (κ1) is 16.1. The van der Waals surface area contributed by atoms with Gasteiger partial charge in [0, 0.05) is 6.21 Å². The molecule has 24 heavy (non-hydrogen) atoms. The van der Waals surface area contributed by atoms with E-state index >= 15 is 0 Å². The van der Waals surface area contributed by atoms with Crippen LogP contribution in [-0.4, -0.2) is 14.6 Å². The van der Waals surface area contributed by atoms with Gasteiger partial charge in [-0.1, -0.05) is 24.3 Å². The van der Waals surface area contributed by atoms with Crippen LogP contribution < -0.4 is 10.6 Å². The van der Waals surface area contributed by atoms with Crippen molar-refractivity contribution in [1.29, 1.82) is 0 Å². The molecule has 3 rings (SSSR count). The maximum atomic E-state index is 12.3. The average Bonchev–Trinajstić information content (AvgIpc) is 2.57. The third-order valence-corrected chi connectivity index (χ3v) is 4.39. The Labute approximate surface area is 138 Å². The molecule has 1 aromatic heterocycles. The summed E-state index contributed by atoms with van der Waals surface area (Å²) in [5.41, 5.74) is 1.53. The molecule has 0 aliphatic carbocycles. The lowest BCUT2D eigenvalue weighted by Gasteiger charge is -2.00. The molecule has 7 heteroatoms. The predicted octanol–water partition coefficient (Wildman–Crippen LogP) is 2.06. The number of nitrogens with two attached hydrogens (primary N) is 1. The molecule has 122 valence electrons. The van der Waals surface area contributed by atoms with E-state index in [0.717, 1.165) is 5.56 Å². The molecule has 0 aliphatic rings. The van der Waals surface area contributed by atoms with E-state index in [1.54, 1.807) is 36.4 Å². The molecule has 2 N–H and O–H groups in total. The van der Waals surface area contributed by atoms with Crippen molar-refractivity contribution in [2.75, 3.05) is 0 Å². The Morgan fingerprint density at radius 2 is 1.79 bits per heavy atom. The highest BCUT2D eigenvalue weighted by molar-refractivity contribution is 7.89. The zero-order chi connectivity index (χ0) is 17.2. The fourth-order valence-corrected chi connectivity index (χ4v) is 2.73. The molecule has 0 fully saturated rings. The number of fused-ring (bicyclic) bond motifs is 1. The summed E-state index contributed by atoms with van der Waals surface area (Å²) in [5.74, 6) is 0. The van der Waals surface area contributed by atoms with Crippen molar-refractivity contribution >= 4 is 27.2 Å². The largest absolute Gasteiger partial charge is 0.463 e. The van der Waals surface area contributed by atoms with Gasteiger partial charge in [0.2, 0.25) is 15.5 Å². The fraction of sp³-hybridized carbons (Fsp3) is 0.0588. The summed E-state index contributed by atoms with van der Waals surface area (Å²) in [5, 5.41) is 5.54. The van der Waals surface area contributed by atoms with Crippen LogP contribution in [0.5, 0.6) is 0 Å². The van der Waals surface area contributed by atoms with Crippen LogP contribution in [0.2, 0.25) is 0 Å². The second kappa shape index (κ2) is 6.38. The summed E-state index contributed by atoms with van der Waals surface area (Å²) in [6, 6.07) is 13.1. The Kier molecular flexibility index (Phi) is 4.28. The molecule has 0 bridgehead atoms. The maximum absolute atomic E-state index is 12.3. The van der Waals surface area contributed by atoms with E-state index in [4.69, 9.17) is 9.56 Å². The van der Waals surface area contributed by atoms with Crippen molar-refractivity contribution in [3.8, 4) is 0 Å². The number of aliphatic imine (C=N–C) groups is 1. The Morgan fingerprint density at radius 3 is 2.50 bits per heavy atom. The lowest BCUT2D eigenvalue weighted by Crippen LogP contribution is -2.11. The first-order valence-electron chi connectivity index (χ1n) is 7.07. The minimum absolute atomic E-state index is 0.0467. The predicted molar refractivity (Wildman–Crippen MR) is 91.6 cm³/mol. The Balaban J connectivity index is 1.80. The molecular weight excluding hydrogens is 328 g/mol. The lowest BCUT2D eigenvalue weighted by molar-refractivity contribution is 0.597. The first-order chi connectivity index (χ1) is 11.4. The second-order valence-corrected chi connectivity index (χ2v) is 6.74. The van der Waals surface area contributed by atoms with Gasteiger partial charge in [-0.2, -0.15) is 0 Å². The summed E-state index contributed by atoms with van der Waals surface area (Å²) < 4.78 is 27.8.